The number of hydrogen-bond acceptors (Lipinski definition) is 4. The molecule has 1 aromatic rings. The fraction of sp³-hybridized carbons (Fsp3) is 0.529. The summed E-state index contributed by atoms with van der Waals surface area (Å²) >= 11 is 0. The van der Waals surface area contributed by atoms with E-state index < -0.39 is 11.8 Å². The van der Waals surface area contributed by atoms with Crippen molar-refractivity contribution in [3.05, 3.63) is 29.8 Å². The first kappa shape index (κ1) is 17.3. The van der Waals surface area contributed by atoms with E-state index in [4.69, 9.17) is 5.11 Å². The first-order chi connectivity index (χ1) is 10.9. The Hall–Kier alpha value is -2.08. The van der Waals surface area contributed by atoms with Crippen LogP contribution >= 0.6 is 0 Å². The molecular formula is C17H24N2O4. The Morgan fingerprint density at radius 1 is 1.26 bits per heavy atom. The molecule has 1 aromatic carbocycles. The number of amides is 1. The summed E-state index contributed by atoms with van der Waals surface area (Å²) in [5.74, 6) is -0.121. The van der Waals surface area contributed by atoms with Gasteiger partial charge in [0.15, 0.2) is 5.78 Å². The molecular weight excluding hydrogens is 296 g/mol. The van der Waals surface area contributed by atoms with E-state index in [0.29, 0.717) is 5.56 Å². The van der Waals surface area contributed by atoms with E-state index in [1.165, 1.54) is 0 Å². The number of carbonyl (C=O) groups is 2. The van der Waals surface area contributed by atoms with Crippen molar-refractivity contribution in [1.82, 2.24) is 5.32 Å². The number of Topliss-reactive ketones (excluding diaryl/α,β-unsaturated/α-hetero) is 1. The monoisotopic (exact) mass is 320 g/mol. The van der Waals surface area contributed by atoms with Crippen molar-refractivity contribution in [2.45, 2.75) is 44.2 Å². The molecule has 0 aliphatic heterocycles. The van der Waals surface area contributed by atoms with Crippen LogP contribution in [0.3, 0.4) is 0 Å². The Kier molecular flexibility index (Phi) is 5.60. The van der Waals surface area contributed by atoms with Crippen LogP contribution in [0.2, 0.25) is 0 Å². The molecule has 0 radical (unpaired) electrons. The lowest BCUT2D eigenvalue weighted by Crippen LogP contribution is -2.48. The molecule has 1 aliphatic carbocycles. The Balaban J connectivity index is 2.06. The zero-order chi connectivity index (χ0) is 16.9. The molecule has 1 fully saturated rings. The molecule has 2 rings (SSSR count). The van der Waals surface area contributed by atoms with E-state index in [1.54, 1.807) is 18.2 Å². The van der Waals surface area contributed by atoms with Gasteiger partial charge in [0.1, 0.15) is 5.72 Å². The van der Waals surface area contributed by atoms with Crippen molar-refractivity contribution in [3.8, 4) is 0 Å². The van der Waals surface area contributed by atoms with Gasteiger partial charge in [-0.15, -0.1) is 0 Å². The summed E-state index contributed by atoms with van der Waals surface area (Å²) in [6.45, 7) is 0.0954. The molecule has 126 valence electrons. The van der Waals surface area contributed by atoms with Gasteiger partial charge in [-0.2, -0.15) is 0 Å². The number of anilines is 1. The molecule has 0 spiro atoms. The first-order valence-electron chi connectivity index (χ1n) is 7.99. The maximum absolute atomic E-state index is 12.1. The lowest BCUT2D eigenvalue weighted by atomic mass is 9.90. The van der Waals surface area contributed by atoms with Crippen LogP contribution in [0.15, 0.2) is 24.3 Å². The highest BCUT2D eigenvalue weighted by atomic mass is 16.4. The van der Waals surface area contributed by atoms with Crippen molar-refractivity contribution in [3.63, 3.8) is 0 Å². The van der Waals surface area contributed by atoms with Crippen LogP contribution in [0.5, 0.6) is 0 Å². The van der Waals surface area contributed by atoms with Gasteiger partial charge in [0, 0.05) is 31.3 Å². The molecule has 23 heavy (non-hydrogen) atoms. The fourth-order valence-corrected chi connectivity index (χ4v) is 3.01. The number of carbonyl (C=O) groups excluding carboxylic acids is 1. The average Bonchev–Trinajstić information content (AvgIpc) is 2.54. The second-order valence-corrected chi connectivity index (χ2v) is 6.06. The van der Waals surface area contributed by atoms with Gasteiger partial charge >= 0.3 is 6.09 Å². The lowest BCUT2D eigenvalue weighted by molar-refractivity contribution is 0.00542. The molecule has 0 unspecified atom stereocenters. The number of aliphatic hydroxyl groups is 1. The summed E-state index contributed by atoms with van der Waals surface area (Å²) < 4.78 is 0. The topological polar surface area (TPSA) is 89.9 Å². The molecule has 0 bridgehead atoms. The SMILES string of the molecule is CN(c1cccc(C(=O)CCNC(=O)O)c1)C1(O)CCCCC1. The van der Waals surface area contributed by atoms with Crippen LogP contribution in [0.1, 0.15) is 48.9 Å². The minimum atomic E-state index is -1.13. The number of carboxylic acid groups (broad SMARTS) is 1. The number of ketones is 1. The van der Waals surface area contributed by atoms with Crippen LogP contribution in [0.25, 0.3) is 0 Å². The minimum Gasteiger partial charge on any atom is -0.465 e. The van der Waals surface area contributed by atoms with Crippen LogP contribution in [-0.4, -0.2) is 41.4 Å². The quantitative estimate of drug-likeness (QED) is 0.554. The van der Waals surface area contributed by atoms with E-state index in [9.17, 15) is 14.7 Å². The largest absolute Gasteiger partial charge is 0.465 e. The Morgan fingerprint density at radius 3 is 2.61 bits per heavy atom. The number of hydrogen-bond donors (Lipinski definition) is 3. The number of nitrogens with one attached hydrogen (secondary N) is 1. The highest BCUT2D eigenvalue weighted by Crippen LogP contribution is 2.33. The Labute approximate surface area is 136 Å². The first-order valence-corrected chi connectivity index (χ1v) is 7.99. The standard InChI is InChI=1S/C17H24N2O4/c1-19(17(23)9-3-2-4-10-17)14-7-5-6-13(12-14)15(20)8-11-18-16(21)22/h5-7,12,18,23H,2-4,8-11H2,1H3,(H,21,22). The second-order valence-electron chi connectivity index (χ2n) is 6.06. The van der Waals surface area contributed by atoms with Crippen LogP contribution < -0.4 is 10.2 Å². The second kappa shape index (κ2) is 7.46. The Bertz CT molecular complexity index is 567. The third-order valence-electron chi connectivity index (χ3n) is 4.46. The van der Waals surface area contributed by atoms with Gasteiger partial charge in [0.2, 0.25) is 0 Å². The summed E-state index contributed by atoms with van der Waals surface area (Å²) in [6.07, 6.45) is 3.58. The normalized spacial score (nSPS) is 16.6. The molecule has 6 heteroatoms. The van der Waals surface area contributed by atoms with Gasteiger partial charge in [0.25, 0.3) is 0 Å². The minimum absolute atomic E-state index is 0.0954. The molecule has 0 heterocycles. The fourth-order valence-electron chi connectivity index (χ4n) is 3.01. The van der Waals surface area contributed by atoms with Crippen LogP contribution in [0.4, 0.5) is 10.5 Å². The average molecular weight is 320 g/mol. The maximum atomic E-state index is 12.1. The highest BCUT2D eigenvalue weighted by molar-refractivity contribution is 5.97. The van der Waals surface area contributed by atoms with Crippen LogP contribution in [0, 0.1) is 0 Å². The zero-order valence-corrected chi connectivity index (χ0v) is 13.4. The van der Waals surface area contributed by atoms with Gasteiger partial charge < -0.3 is 20.4 Å². The van der Waals surface area contributed by atoms with E-state index in [1.807, 2.05) is 18.0 Å². The number of rotatable bonds is 6. The molecule has 0 atom stereocenters. The van der Waals surface area contributed by atoms with Gasteiger partial charge in [-0.3, -0.25) is 4.79 Å². The zero-order valence-electron chi connectivity index (χ0n) is 13.4. The van der Waals surface area contributed by atoms with E-state index >= 15 is 0 Å². The molecule has 1 saturated carbocycles. The maximum Gasteiger partial charge on any atom is 0.404 e. The third-order valence-corrected chi connectivity index (χ3v) is 4.46. The van der Waals surface area contributed by atoms with Gasteiger partial charge in [-0.1, -0.05) is 18.6 Å². The van der Waals surface area contributed by atoms with Crippen molar-refractivity contribution in [1.29, 1.82) is 0 Å². The van der Waals surface area contributed by atoms with Gasteiger partial charge in [0.05, 0.1) is 0 Å². The van der Waals surface area contributed by atoms with Gasteiger partial charge in [-0.05, 0) is 37.8 Å². The smallest absolute Gasteiger partial charge is 0.404 e. The molecule has 0 aromatic heterocycles. The Morgan fingerprint density at radius 2 is 1.96 bits per heavy atom. The molecule has 0 saturated heterocycles. The summed E-state index contributed by atoms with van der Waals surface area (Å²) in [4.78, 5) is 24.4. The molecule has 1 amide bonds. The van der Waals surface area contributed by atoms with Gasteiger partial charge in [-0.25, -0.2) is 4.79 Å². The molecule has 3 N–H and O–H groups in total. The predicted molar refractivity (Wildman–Crippen MR) is 87.9 cm³/mol. The van der Waals surface area contributed by atoms with Crippen molar-refractivity contribution >= 4 is 17.6 Å². The van der Waals surface area contributed by atoms with Crippen molar-refractivity contribution < 1.29 is 19.8 Å². The summed E-state index contributed by atoms with van der Waals surface area (Å²) in [7, 11) is 1.85. The number of benzene rings is 1. The van der Waals surface area contributed by atoms with Crippen molar-refractivity contribution in [2.75, 3.05) is 18.5 Å². The predicted octanol–water partition coefficient (Wildman–Crippen LogP) is 2.62. The summed E-state index contributed by atoms with van der Waals surface area (Å²) in [6, 6.07) is 7.13. The van der Waals surface area contributed by atoms with E-state index in [-0.39, 0.29) is 18.7 Å². The van der Waals surface area contributed by atoms with Crippen molar-refractivity contribution in [2.24, 2.45) is 0 Å². The van der Waals surface area contributed by atoms with E-state index in [0.717, 1.165) is 37.8 Å². The summed E-state index contributed by atoms with van der Waals surface area (Å²) in [5, 5.41) is 21.5. The highest BCUT2D eigenvalue weighted by Gasteiger charge is 2.33. The third kappa shape index (κ3) is 4.45. The lowest BCUT2D eigenvalue weighted by Gasteiger charge is -2.41. The number of nitrogens with zero attached hydrogens (tertiary/aromatic N) is 1. The van der Waals surface area contributed by atoms with Crippen LogP contribution in [-0.2, 0) is 0 Å². The van der Waals surface area contributed by atoms with E-state index in [2.05, 4.69) is 5.32 Å². The summed E-state index contributed by atoms with van der Waals surface area (Å²) in [5.41, 5.74) is 0.470. The molecule has 6 nitrogen and oxygen atoms in total. The molecule has 1 aliphatic rings.